The van der Waals surface area contributed by atoms with Crippen molar-refractivity contribution in [3.05, 3.63) is 59.7 Å². The van der Waals surface area contributed by atoms with Crippen LogP contribution in [0.15, 0.2) is 48.5 Å². The molecular formula is C16H14ClN5. The van der Waals surface area contributed by atoms with E-state index >= 15 is 0 Å². The number of nitrogens with zero attached hydrogens (tertiary/aromatic N) is 5. The molecular weight excluding hydrogens is 298 g/mol. The molecule has 0 aliphatic carbocycles. The van der Waals surface area contributed by atoms with E-state index < -0.39 is 0 Å². The smallest absolute Gasteiger partial charge is 0.331 e. The molecule has 3 aromatic rings. The lowest BCUT2D eigenvalue weighted by molar-refractivity contribution is -0.732. The minimum Gasteiger partial charge on any atom is -1.00 e. The number of hydrogen-bond acceptors (Lipinski definition) is 3. The largest absolute Gasteiger partial charge is 1.00 e. The van der Waals surface area contributed by atoms with Crippen molar-refractivity contribution in [2.24, 2.45) is 0 Å². The number of rotatable bonds is 2. The molecule has 0 saturated carbocycles. The summed E-state index contributed by atoms with van der Waals surface area (Å²) in [4.78, 5) is 1.49. The average Bonchev–Trinajstić information content (AvgIpc) is 2.92. The highest BCUT2D eigenvalue weighted by Gasteiger charge is 2.23. The van der Waals surface area contributed by atoms with E-state index in [0.29, 0.717) is 5.82 Å². The van der Waals surface area contributed by atoms with E-state index in [9.17, 15) is 5.26 Å². The van der Waals surface area contributed by atoms with Gasteiger partial charge in [0.25, 0.3) is 0 Å². The van der Waals surface area contributed by atoms with E-state index in [1.807, 2.05) is 62.4 Å². The van der Waals surface area contributed by atoms with Crippen LogP contribution in [0.3, 0.4) is 0 Å². The predicted molar refractivity (Wildman–Crippen MR) is 77.5 cm³/mol. The number of nitriles is 1. The molecule has 0 radical (unpaired) electrons. The molecule has 0 spiro atoms. The van der Waals surface area contributed by atoms with Gasteiger partial charge in [-0.3, -0.25) is 0 Å². The Hall–Kier alpha value is -2.71. The summed E-state index contributed by atoms with van der Waals surface area (Å²) in [6.45, 7) is 4.03. The molecule has 22 heavy (non-hydrogen) atoms. The van der Waals surface area contributed by atoms with Gasteiger partial charge < -0.3 is 12.4 Å². The zero-order chi connectivity index (χ0) is 14.8. The Bertz CT molecular complexity index is 750. The number of halogens is 1. The van der Waals surface area contributed by atoms with E-state index in [2.05, 4.69) is 16.5 Å². The monoisotopic (exact) mass is 311 g/mol. The van der Waals surface area contributed by atoms with Gasteiger partial charge in [-0.25, -0.2) is 0 Å². The van der Waals surface area contributed by atoms with Gasteiger partial charge in [0.15, 0.2) is 10.9 Å². The van der Waals surface area contributed by atoms with Crippen LogP contribution >= 0.6 is 0 Å². The summed E-state index contributed by atoms with van der Waals surface area (Å²) in [6, 6.07) is 15.6. The van der Waals surface area contributed by atoms with E-state index in [1.54, 1.807) is 0 Å². The van der Waals surface area contributed by atoms with Gasteiger partial charge in [-0.15, -0.1) is 0 Å². The lowest BCUT2D eigenvalue weighted by Crippen LogP contribution is -3.00. The highest BCUT2D eigenvalue weighted by atomic mass is 35.5. The molecule has 110 valence electrons. The predicted octanol–water partition coefficient (Wildman–Crippen LogP) is -0.828. The van der Waals surface area contributed by atoms with Crippen molar-refractivity contribution >= 4 is 0 Å². The second kappa shape index (κ2) is 6.37. The fourth-order valence-electron chi connectivity index (χ4n) is 2.07. The first-order valence-electron chi connectivity index (χ1n) is 6.61. The van der Waals surface area contributed by atoms with Crippen LogP contribution < -0.4 is 17.2 Å². The standard InChI is InChI=1S/C16H14N5.ClH/c1-12-3-7-14(8-4-12)16-18-19-21(20(16)11-17)15-9-5-13(2)6-10-15;/h3-10H,1-2H3;1H/q+1;/p-1. The zero-order valence-corrected chi connectivity index (χ0v) is 13.0. The number of aromatic nitrogens is 4. The summed E-state index contributed by atoms with van der Waals surface area (Å²) in [7, 11) is 0. The maximum atomic E-state index is 9.43. The molecule has 3 rings (SSSR count). The minimum absolute atomic E-state index is 0. The van der Waals surface area contributed by atoms with Crippen LogP contribution in [0.1, 0.15) is 11.1 Å². The van der Waals surface area contributed by atoms with Crippen molar-refractivity contribution < 1.29 is 17.2 Å². The fourth-order valence-corrected chi connectivity index (χ4v) is 2.07. The van der Waals surface area contributed by atoms with Crippen molar-refractivity contribution in [3.63, 3.8) is 0 Å². The van der Waals surface area contributed by atoms with Gasteiger partial charge >= 0.3 is 5.82 Å². The van der Waals surface area contributed by atoms with Gasteiger partial charge in [0.1, 0.15) is 5.10 Å². The van der Waals surface area contributed by atoms with E-state index in [-0.39, 0.29) is 12.4 Å². The Morgan fingerprint density at radius 2 is 1.50 bits per heavy atom. The topological polar surface area (TPSA) is 58.4 Å². The third kappa shape index (κ3) is 2.83. The Labute approximate surface area is 134 Å². The quantitative estimate of drug-likeness (QED) is 0.581. The molecule has 0 saturated heterocycles. The van der Waals surface area contributed by atoms with Crippen LogP contribution in [0.5, 0.6) is 0 Å². The molecule has 0 amide bonds. The van der Waals surface area contributed by atoms with Gasteiger partial charge in [0, 0.05) is 0 Å². The Morgan fingerprint density at radius 1 is 0.955 bits per heavy atom. The average molecular weight is 312 g/mol. The number of hydrogen-bond donors (Lipinski definition) is 0. The minimum atomic E-state index is 0. The van der Waals surface area contributed by atoms with Gasteiger partial charge in [0.05, 0.1) is 5.56 Å². The summed E-state index contributed by atoms with van der Waals surface area (Å²) in [6.07, 6.45) is 2.13. The fraction of sp³-hybridized carbons (Fsp3) is 0.125. The van der Waals surface area contributed by atoms with Gasteiger partial charge in [-0.1, -0.05) is 35.4 Å². The van der Waals surface area contributed by atoms with Crippen LogP contribution in [0.4, 0.5) is 0 Å². The molecule has 0 aliphatic rings. The molecule has 2 aromatic carbocycles. The first kappa shape index (κ1) is 15.7. The lowest BCUT2D eigenvalue weighted by atomic mass is 10.1. The molecule has 0 aliphatic heterocycles. The van der Waals surface area contributed by atoms with Crippen LogP contribution in [-0.4, -0.2) is 15.0 Å². The van der Waals surface area contributed by atoms with Crippen molar-refractivity contribution in [2.45, 2.75) is 13.8 Å². The van der Waals surface area contributed by atoms with Crippen molar-refractivity contribution in [3.8, 4) is 23.3 Å². The van der Waals surface area contributed by atoms with Crippen molar-refractivity contribution in [2.75, 3.05) is 0 Å². The molecule has 0 bridgehead atoms. The number of aryl methyl sites for hydroxylation is 2. The normalized spacial score (nSPS) is 9.86. The van der Waals surface area contributed by atoms with Crippen LogP contribution in [0.2, 0.25) is 0 Å². The van der Waals surface area contributed by atoms with Crippen molar-refractivity contribution in [1.29, 1.82) is 5.26 Å². The van der Waals surface area contributed by atoms with Crippen LogP contribution in [-0.2, 0) is 0 Å². The summed E-state index contributed by atoms with van der Waals surface area (Å²) in [5.74, 6) is 0.526. The first-order chi connectivity index (χ1) is 10.2. The zero-order valence-electron chi connectivity index (χ0n) is 12.2. The first-order valence-corrected chi connectivity index (χ1v) is 6.61. The highest BCUT2D eigenvalue weighted by Crippen LogP contribution is 2.15. The Kier molecular flexibility index (Phi) is 4.54. The lowest BCUT2D eigenvalue weighted by Gasteiger charge is -1.97. The molecule has 0 atom stereocenters. The molecule has 0 unspecified atom stereocenters. The maximum absolute atomic E-state index is 9.43. The molecule has 1 heterocycles. The third-order valence-corrected chi connectivity index (χ3v) is 3.28. The second-order valence-corrected chi connectivity index (χ2v) is 4.92. The van der Waals surface area contributed by atoms with E-state index in [4.69, 9.17) is 0 Å². The number of tetrazole rings is 1. The number of benzene rings is 2. The van der Waals surface area contributed by atoms with Crippen molar-refractivity contribution in [1.82, 2.24) is 15.0 Å². The van der Waals surface area contributed by atoms with E-state index in [1.165, 1.54) is 9.48 Å². The molecule has 5 nitrogen and oxygen atoms in total. The summed E-state index contributed by atoms with van der Waals surface area (Å²) < 4.78 is 1.38. The SMILES string of the molecule is Cc1ccc(-c2nn[n+](-c3ccc(C)cc3)n2C#N)cc1.[Cl-]. The third-order valence-electron chi connectivity index (χ3n) is 3.28. The Morgan fingerprint density at radius 3 is 2.05 bits per heavy atom. The van der Waals surface area contributed by atoms with Crippen LogP contribution in [0, 0.1) is 25.3 Å². The van der Waals surface area contributed by atoms with Gasteiger partial charge in [-0.05, 0) is 47.6 Å². The Balaban J connectivity index is 0.00000176. The highest BCUT2D eigenvalue weighted by molar-refractivity contribution is 5.55. The molecule has 1 aromatic heterocycles. The maximum Gasteiger partial charge on any atom is 0.331 e. The molecule has 0 N–H and O–H groups in total. The summed E-state index contributed by atoms with van der Waals surface area (Å²) in [5.41, 5.74) is 3.97. The summed E-state index contributed by atoms with van der Waals surface area (Å²) >= 11 is 0. The van der Waals surface area contributed by atoms with Crippen LogP contribution in [0.25, 0.3) is 17.1 Å². The van der Waals surface area contributed by atoms with E-state index in [0.717, 1.165) is 22.4 Å². The molecule has 6 heteroatoms. The van der Waals surface area contributed by atoms with Gasteiger partial charge in [-0.2, -0.15) is 5.26 Å². The van der Waals surface area contributed by atoms with Gasteiger partial charge in [0.2, 0.25) is 6.19 Å². The summed E-state index contributed by atoms with van der Waals surface area (Å²) in [5, 5.41) is 17.7. The second-order valence-electron chi connectivity index (χ2n) is 4.92. The molecule has 0 fully saturated rings.